The number of methoxy groups -OCH3 is 1. The molecule has 0 fully saturated rings. The van der Waals surface area contributed by atoms with Crippen LogP contribution in [0.4, 0.5) is 0 Å². The van der Waals surface area contributed by atoms with E-state index in [1.165, 1.54) is 5.56 Å². The molecule has 0 saturated heterocycles. The molecule has 162 valence electrons. The van der Waals surface area contributed by atoms with Gasteiger partial charge in [0.15, 0.2) is 11.5 Å². The van der Waals surface area contributed by atoms with Crippen LogP contribution >= 0.6 is 0 Å². The summed E-state index contributed by atoms with van der Waals surface area (Å²) in [4.78, 5) is 24.0. The molecule has 30 heavy (non-hydrogen) atoms. The predicted molar refractivity (Wildman–Crippen MR) is 117 cm³/mol. The molecular formula is C23H31N3O4. The maximum atomic E-state index is 12.4. The standard InChI is InChI=1S/C23H31N3O4/c1-3-16-9-12-20(21(14-16)29-2)30-15-17-7-10-18(11-8-17)23(28)26-19(22(25)27)6-4-5-13-24/h7-12,14,19H,3-6,13,15,24H2,1-2H3,(H2,25,27)(H,26,28). The molecule has 0 spiro atoms. The van der Waals surface area contributed by atoms with E-state index >= 15 is 0 Å². The molecule has 5 N–H and O–H groups in total. The van der Waals surface area contributed by atoms with Crippen LogP contribution < -0.4 is 26.3 Å². The summed E-state index contributed by atoms with van der Waals surface area (Å²) >= 11 is 0. The number of hydrogen-bond acceptors (Lipinski definition) is 5. The summed E-state index contributed by atoms with van der Waals surface area (Å²) in [6.45, 7) is 2.96. The van der Waals surface area contributed by atoms with E-state index in [2.05, 4.69) is 12.2 Å². The molecule has 0 bridgehead atoms. The van der Waals surface area contributed by atoms with Crippen LogP contribution in [0.15, 0.2) is 42.5 Å². The Morgan fingerprint density at radius 2 is 1.73 bits per heavy atom. The van der Waals surface area contributed by atoms with E-state index in [1.807, 2.05) is 30.3 Å². The van der Waals surface area contributed by atoms with Crippen molar-refractivity contribution in [2.75, 3.05) is 13.7 Å². The number of rotatable bonds is 12. The van der Waals surface area contributed by atoms with Gasteiger partial charge in [0.1, 0.15) is 12.6 Å². The van der Waals surface area contributed by atoms with Gasteiger partial charge in [-0.2, -0.15) is 0 Å². The molecule has 2 rings (SSSR count). The van der Waals surface area contributed by atoms with Gasteiger partial charge in [-0.15, -0.1) is 0 Å². The van der Waals surface area contributed by atoms with Gasteiger partial charge >= 0.3 is 0 Å². The fourth-order valence-electron chi connectivity index (χ4n) is 2.98. The molecule has 2 amide bonds. The number of carbonyl (C=O) groups excluding carboxylic acids is 2. The lowest BCUT2D eigenvalue weighted by Crippen LogP contribution is -2.44. The molecule has 0 heterocycles. The summed E-state index contributed by atoms with van der Waals surface area (Å²) in [5, 5.41) is 2.69. The minimum absolute atomic E-state index is 0.337. The average molecular weight is 414 g/mol. The van der Waals surface area contributed by atoms with Crippen LogP contribution in [0.3, 0.4) is 0 Å². The van der Waals surface area contributed by atoms with E-state index in [4.69, 9.17) is 20.9 Å². The minimum Gasteiger partial charge on any atom is -0.493 e. The smallest absolute Gasteiger partial charge is 0.251 e. The van der Waals surface area contributed by atoms with Crippen LogP contribution in [-0.4, -0.2) is 31.5 Å². The number of benzene rings is 2. The third kappa shape index (κ3) is 6.77. The molecule has 0 aliphatic carbocycles. The van der Waals surface area contributed by atoms with Crippen LogP contribution in [0.25, 0.3) is 0 Å². The number of nitrogens with two attached hydrogens (primary N) is 2. The number of nitrogens with one attached hydrogen (secondary N) is 1. The Morgan fingerprint density at radius 3 is 2.33 bits per heavy atom. The van der Waals surface area contributed by atoms with Gasteiger partial charge in [-0.3, -0.25) is 9.59 Å². The Hall–Kier alpha value is -3.06. The lowest BCUT2D eigenvalue weighted by molar-refractivity contribution is -0.120. The van der Waals surface area contributed by atoms with Crippen LogP contribution in [0, 0.1) is 0 Å². The van der Waals surface area contributed by atoms with Gasteiger partial charge in [0.2, 0.25) is 5.91 Å². The predicted octanol–water partition coefficient (Wildman–Crippen LogP) is 2.55. The zero-order valence-electron chi connectivity index (χ0n) is 17.6. The van der Waals surface area contributed by atoms with Crippen molar-refractivity contribution in [3.63, 3.8) is 0 Å². The molecule has 1 atom stereocenters. The summed E-state index contributed by atoms with van der Waals surface area (Å²) < 4.78 is 11.3. The van der Waals surface area contributed by atoms with Crippen molar-refractivity contribution in [1.29, 1.82) is 0 Å². The topological polar surface area (TPSA) is 117 Å². The number of carbonyl (C=O) groups is 2. The van der Waals surface area contributed by atoms with Crippen molar-refractivity contribution in [2.45, 2.75) is 45.3 Å². The molecular weight excluding hydrogens is 382 g/mol. The number of primary amides is 1. The first-order chi connectivity index (χ1) is 14.5. The Bertz CT molecular complexity index is 837. The highest BCUT2D eigenvalue weighted by molar-refractivity contribution is 5.97. The Morgan fingerprint density at radius 1 is 1.03 bits per heavy atom. The highest BCUT2D eigenvalue weighted by atomic mass is 16.5. The van der Waals surface area contributed by atoms with Crippen molar-refractivity contribution < 1.29 is 19.1 Å². The molecule has 0 aliphatic heterocycles. The van der Waals surface area contributed by atoms with Crippen LogP contribution in [0.1, 0.15) is 47.7 Å². The molecule has 1 unspecified atom stereocenters. The summed E-state index contributed by atoms with van der Waals surface area (Å²) in [6, 6.07) is 12.2. The van der Waals surface area contributed by atoms with Gasteiger partial charge < -0.3 is 26.3 Å². The summed E-state index contributed by atoms with van der Waals surface area (Å²) in [6.07, 6.45) is 2.90. The Labute approximate surface area is 177 Å². The van der Waals surface area contributed by atoms with Crippen molar-refractivity contribution in [3.05, 3.63) is 59.2 Å². The molecule has 0 aliphatic rings. The summed E-state index contributed by atoms with van der Waals surface area (Å²) in [5.41, 5.74) is 13.4. The van der Waals surface area contributed by atoms with Gasteiger partial charge in [-0.25, -0.2) is 0 Å². The lowest BCUT2D eigenvalue weighted by Gasteiger charge is -2.15. The Kier molecular flexibility index (Phi) is 9.15. The first-order valence-corrected chi connectivity index (χ1v) is 10.2. The molecule has 0 aromatic heterocycles. The second-order valence-electron chi connectivity index (χ2n) is 7.04. The van der Waals surface area contributed by atoms with Gasteiger partial charge in [0.05, 0.1) is 7.11 Å². The maximum Gasteiger partial charge on any atom is 0.251 e. The normalized spacial score (nSPS) is 11.6. The SMILES string of the molecule is CCc1ccc(OCc2ccc(C(=O)NC(CCCCN)C(N)=O)cc2)c(OC)c1. The van der Waals surface area contributed by atoms with E-state index in [0.29, 0.717) is 36.6 Å². The van der Waals surface area contributed by atoms with E-state index in [0.717, 1.165) is 24.8 Å². The fraction of sp³-hybridized carbons (Fsp3) is 0.391. The van der Waals surface area contributed by atoms with Gasteiger partial charge in [-0.05, 0) is 67.6 Å². The number of aryl methyl sites for hydroxylation is 1. The number of ether oxygens (including phenoxy) is 2. The zero-order valence-corrected chi connectivity index (χ0v) is 17.6. The molecule has 7 heteroatoms. The Balaban J connectivity index is 1.95. The highest BCUT2D eigenvalue weighted by Gasteiger charge is 2.18. The average Bonchev–Trinajstić information content (AvgIpc) is 2.77. The minimum atomic E-state index is -0.703. The van der Waals surface area contributed by atoms with Crippen LogP contribution in [0.5, 0.6) is 11.5 Å². The molecule has 2 aromatic rings. The summed E-state index contributed by atoms with van der Waals surface area (Å²) in [7, 11) is 1.62. The van der Waals surface area contributed by atoms with E-state index < -0.39 is 11.9 Å². The van der Waals surface area contributed by atoms with E-state index in [1.54, 1.807) is 19.2 Å². The number of hydrogen-bond donors (Lipinski definition) is 3. The second kappa shape index (κ2) is 11.8. The van der Waals surface area contributed by atoms with Crippen molar-refractivity contribution >= 4 is 11.8 Å². The zero-order chi connectivity index (χ0) is 21.9. The molecule has 0 saturated carbocycles. The largest absolute Gasteiger partial charge is 0.493 e. The van der Waals surface area contributed by atoms with Crippen molar-refractivity contribution in [1.82, 2.24) is 5.32 Å². The monoisotopic (exact) mass is 413 g/mol. The highest BCUT2D eigenvalue weighted by Crippen LogP contribution is 2.29. The quantitative estimate of drug-likeness (QED) is 0.462. The third-order valence-corrected chi connectivity index (χ3v) is 4.84. The number of amides is 2. The lowest BCUT2D eigenvalue weighted by atomic mass is 10.1. The fourth-order valence-corrected chi connectivity index (χ4v) is 2.98. The van der Waals surface area contributed by atoms with E-state index in [-0.39, 0.29) is 5.91 Å². The van der Waals surface area contributed by atoms with Crippen molar-refractivity contribution in [3.8, 4) is 11.5 Å². The van der Waals surface area contributed by atoms with Gasteiger partial charge in [-0.1, -0.05) is 25.1 Å². The third-order valence-electron chi connectivity index (χ3n) is 4.84. The first kappa shape index (κ1) is 23.2. The van der Waals surface area contributed by atoms with Crippen LogP contribution in [-0.2, 0) is 17.8 Å². The summed E-state index contributed by atoms with van der Waals surface area (Å²) in [5.74, 6) is 0.472. The van der Waals surface area contributed by atoms with Crippen LogP contribution in [0.2, 0.25) is 0 Å². The molecule has 2 aromatic carbocycles. The molecule has 0 radical (unpaired) electrons. The first-order valence-electron chi connectivity index (χ1n) is 10.2. The van der Waals surface area contributed by atoms with Crippen molar-refractivity contribution in [2.24, 2.45) is 11.5 Å². The second-order valence-corrected chi connectivity index (χ2v) is 7.04. The molecule has 7 nitrogen and oxygen atoms in total. The van der Waals surface area contributed by atoms with Gasteiger partial charge in [0.25, 0.3) is 5.91 Å². The van der Waals surface area contributed by atoms with Gasteiger partial charge in [0, 0.05) is 5.56 Å². The van der Waals surface area contributed by atoms with E-state index in [9.17, 15) is 9.59 Å². The number of unbranched alkanes of at least 4 members (excludes halogenated alkanes) is 1. The maximum absolute atomic E-state index is 12.4.